The van der Waals surface area contributed by atoms with Crippen LogP contribution in [0, 0.1) is 0 Å². The molecular weight excluding hydrogens is 264 g/mol. The summed E-state index contributed by atoms with van der Waals surface area (Å²) < 4.78 is 57.6. The molecule has 0 N–H and O–H groups in total. The van der Waals surface area contributed by atoms with E-state index in [4.69, 9.17) is 11.6 Å². The van der Waals surface area contributed by atoms with E-state index < -0.39 is 27.7 Å². The Labute approximate surface area is 113 Å². The molecule has 0 amide bonds. The van der Waals surface area contributed by atoms with Crippen molar-refractivity contribution in [3.05, 3.63) is 28.8 Å². The SMILES string of the molecule is O=S([O-])c1ccc(Cl)cc1C(F)(F)F.[Na+]. The van der Waals surface area contributed by atoms with Crippen LogP contribution in [0.25, 0.3) is 0 Å². The summed E-state index contributed by atoms with van der Waals surface area (Å²) in [6.07, 6.45) is -4.72. The van der Waals surface area contributed by atoms with Crippen molar-refractivity contribution in [2.75, 3.05) is 0 Å². The number of hydrogen-bond donors (Lipinski definition) is 0. The Hall–Kier alpha value is 0.410. The molecule has 0 saturated carbocycles. The van der Waals surface area contributed by atoms with Gasteiger partial charge in [0.1, 0.15) is 0 Å². The Kier molecular flexibility index (Phi) is 5.81. The summed E-state index contributed by atoms with van der Waals surface area (Å²) in [7, 11) is 0. The Morgan fingerprint density at radius 2 is 1.87 bits per heavy atom. The predicted molar refractivity (Wildman–Crippen MR) is 43.6 cm³/mol. The van der Waals surface area contributed by atoms with Gasteiger partial charge >= 0.3 is 35.7 Å². The molecule has 0 aliphatic carbocycles. The van der Waals surface area contributed by atoms with Crippen molar-refractivity contribution in [3.8, 4) is 0 Å². The summed E-state index contributed by atoms with van der Waals surface area (Å²) in [4.78, 5) is -0.804. The van der Waals surface area contributed by atoms with Crippen LogP contribution in [0.1, 0.15) is 5.56 Å². The first-order valence-electron chi connectivity index (χ1n) is 3.28. The predicted octanol–water partition coefficient (Wildman–Crippen LogP) is -0.399. The maximum atomic E-state index is 12.3. The van der Waals surface area contributed by atoms with Crippen molar-refractivity contribution >= 4 is 22.7 Å². The third-order valence-corrected chi connectivity index (χ3v) is 2.38. The summed E-state index contributed by atoms with van der Waals surface area (Å²) >= 11 is 2.40. The normalized spacial score (nSPS) is 13.1. The van der Waals surface area contributed by atoms with E-state index in [0.29, 0.717) is 6.07 Å². The summed E-state index contributed by atoms with van der Waals surface area (Å²) in [5.74, 6) is 0. The van der Waals surface area contributed by atoms with E-state index >= 15 is 0 Å². The number of alkyl halides is 3. The molecule has 15 heavy (non-hydrogen) atoms. The Morgan fingerprint density at radius 3 is 2.27 bits per heavy atom. The molecule has 0 radical (unpaired) electrons. The van der Waals surface area contributed by atoms with Gasteiger partial charge in [0.25, 0.3) is 0 Å². The second kappa shape index (κ2) is 5.65. The smallest absolute Gasteiger partial charge is 0.768 e. The van der Waals surface area contributed by atoms with Crippen LogP contribution in [0.2, 0.25) is 5.02 Å². The van der Waals surface area contributed by atoms with Crippen LogP contribution >= 0.6 is 11.6 Å². The van der Waals surface area contributed by atoms with Gasteiger partial charge in [-0.15, -0.1) is 0 Å². The van der Waals surface area contributed by atoms with Crippen LogP contribution in [0.4, 0.5) is 13.2 Å². The van der Waals surface area contributed by atoms with Crippen molar-refractivity contribution in [2.45, 2.75) is 11.1 Å². The van der Waals surface area contributed by atoms with Gasteiger partial charge in [0.15, 0.2) is 0 Å². The van der Waals surface area contributed by atoms with E-state index in [2.05, 4.69) is 0 Å². The van der Waals surface area contributed by atoms with E-state index in [9.17, 15) is 21.9 Å². The zero-order chi connectivity index (χ0) is 10.9. The summed E-state index contributed by atoms with van der Waals surface area (Å²) in [6, 6.07) is 2.48. The van der Waals surface area contributed by atoms with Crippen molar-refractivity contribution < 1.29 is 51.5 Å². The molecule has 1 unspecified atom stereocenters. The Balaban J connectivity index is 0.00000196. The molecule has 78 valence electrons. The van der Waals surface area contributed by atoms with Crippen LogP contribution in [0.3, 0.4) is 0 Å². The maximum Gasteiger partial charge on any atom is 1.00 e. The second-order valence-corrected chi connectivity index (χ2v) is 3.72. The first-order valence-corrected chi connectivity index (χ1v) is 4.73. The van der Waals surface area contributed by atoms with Gasteiger partial charge in [-0.05, 0) is 29.3 Å². The van der Waals surface area contributed by atoms with Gasteiger partial charge in [0.05, 0.1) is 5.56 Å². The minimum absolute atomic E-state index is 0. The van der Waals surface area contributed by atoms with E-state index in [1.165, 1.54) is 0 Å². The van der Waals surface area contributed by atoms with E-state index in [1.54, 1.807) is 0 Å². The molecule has 0 aliphatic rings. The fraction of sp³-hybridized carbons (Fsp3) is 0.143. The zero-order valence-corrected chi connectivity index (χ0v) is 11.0. The number of halogens is 4. The molecule has 0 spiro atoms. The van der Waals surface area contributed by atoms with Gasteiger partial charge in [-0.1, -0.05) is 11.6 Å². The molecule has 0 heterocycles. The van der Waals surface area contributed by atoms with Gasteiger partial charge < -0.3 is 4.55 Å². The third-order valence-electron chi connectivity index (χ3n) is 1.43. The molecule has 0 aromatic heterocycles. The van der Waals surface area contributed by atoms with E-state index in [1.807, 2.05) is 0 Å². The van der Waals surface area contributed by atoms with Crippen molar-refractivity contribution in [1.82, 2.24) is 0 Å². The zero-order valence-electron chi connectivity index (χ0n) is 7.47. The Bertz CT molecular complexity index is 383. The molecule has 0 aliphatic heterocycles. The minimum Gasteiger partial charge on any atom is -0.768 e. The monoisotopic (exact) mass is 266 g/mol. The fourth-order valence-corrected chi connectivity index (χ4v) is 1.57. The molecular formula is C7H3ClF3NaO2S. The minimum atomic E-state index is -4.72. The van der Waals surface area contributed by atoms with Gasteiger partial charge in [0, 0.05) is 9.92 Å². The second-order valence-electron chi connectivity index (χ2n) is 2.37. The van der Waals surface area contributed by atoms with Crippen molar-refractivity contribution in [2.24, 2.45) is 0 Å². The summed E-state index contributed by atoms with van der Waals surface area (Å²) in [5, 5.41) is -0.161. The number of hydrogen-bond acceptors (Lipinski definition) is 2. The third kappa shape index (κ3) is 4.05. The Morgan fingerprint density at radius 1 is 1.33 bits per heavy atom. The van der Waals surface area contributed by atoms with Gasteiger partial charge in [-0.25, -0.2) is 0 Å². The van der Waals surface area contributed by atoms with Crippen LogP contribution in [0.5, 0.6) is 0 Å². The fourth-order valence-electron chi connectivity index (χ4n) is 0.869. The van der Waals surface area contributed by atoms with E-state index in [-0.39, 0.29) is 34.6 Å². The molecule has 1 rings (SSSR count). The maximum absolute atomic E-state index is 12.3. The van der Waals surface area contributed by atoms with Crippen molar-refractivity contribution in [1.29, 1.82) is 0 Å². The van der Waals surface area contributed by atoms with Crippen LogP contribution in [-0.2, 0) is 17.3 Å². The van der Waals surface area contributed by atoms with Gasteiger partial charge in [-0.2, -0.15) is 13.2 Å². The van der Waals surface area contributed by atoms with E-state index in [0.717, 1.165) is 12.1 Å². The van der Waals surface area contributed by atoms with Crippen LogP contribution in [-0.4, -0.2) is 8.76 Å². The largest absolute Gasteiger partial charge is 1.00 e. The first-order chi connectivity index (χ1) is 6.32. The molecule has 0 bridgehead atoms. The number of benzene rings is 1. The summed E-state index contributed by atoms with van der Waals surface area (Å²) in [5.41, 5.74) is -1.25. The molecule has 0 fully saturated rings. The average Bonchev–Trinajstić information content (AvgIpc) is 2.01. The van der Waals surface area contributed by atoms with Crippen LogP contribution < -0.4 is 29.6 Å². The number of rotatable bonds is 1. The molecule has 0 saturated heterocycles. The molecule has 1 aromatic carbocycles. The molecule has 1 aromatic rings. The molecule has 8 heteroatoms. The first kappa shape index (κ1) is 15.4. The van der Waals surface area contributed by atoms with Gasteiger partial charge in [-0.3, -0.25) is 4.21 Å². The molecule has 2 nitrogen and oxygen atoms in total. The molecule has 1 atom stereocenters. The average molecular weight is 267 g/mol. The standard InChI is InChI=1S/C7H4ClF3O2S.Na/c8-4-1-2-6(14(12)13)5(3-4)7(9,10)11;/h1-3H,(H,12,13);/q;+1/p-1. The quantitative estimate of drug-likeness (QED) is 0.513. The van der Waals surface area contributed by atoms with Gasteiger partial charge in [0.2, 0.25) is 0 Å². The summed E-state index contributed by atoms with van der Waals surface area (Å²) in [6.45, 7) is 0. The van der Waals surface area contributed by atoms with Crippen molar-refractivity contribution in [3.63, 3.8) is 0 Å². The van der Waals surface area contributed by atoms with Crippen LogP contribution in [0.15, 0.2) is 23.1 Å². The topological polar surface area (TPSA) is 40.1 Å².